The van der Waals surface area contributed by atoms with Crippen LogP contribution in [-0.2, 0) is 15.9 Å². The molecule has 0 atom stereocenters. The van der Waals surface area contributed by atoms with Gasteiger partial charge in [-0.25, -0.2) is 0 Å². The van der Waals surface area contributed by atoms with Crippen molar-refractivity contribution in [2.24, 2.45) is 0 Å². The fourth-order valence-corrected chi connectivity index (χ4v) is 2.31. The van der Waals surface area contributed by atoms with Crippen LogP contribution in [0.3, 0.4) is 0 Å². The molecule has 1 aliphatic heterocycles. The minimum absolute atomic E-state index is 0.154. The summed E-state index contributed by atoms with van der Waals surface area (Å²) in [5.41, 5.74) is 1.89. The highest BCUT2D eigenvalue weighted by Gasteiger charge is 2.51. The van der Waals surface area contributed by atoms with Crippen molar-refractivity contribution in [2.45, 2.75) is 45.5 Å². The van der Waals surface area contributed by atoms with Gasteiger partial charge in [-0.1, -0.05) is 29.4 Å². The molecule has 0 unspecified atom stereocenters. The van der Waals surface area contributed by atoms with Gasteiger partial charge >= 0.3 is 7.12 Å². The molecule has 0 bridgehead atoms. The average molecular weight is 301 g/mol. The lowest BCUT2D eigenvalue weighted by Gasteiger charge is -2.32. The number of hydrogen-bond donors (Lipinski definition) is 1. The molecule has 1 aromatic carbocycles. The van der Waals surface area contributed by atoms with E-state index in [4.69, 9.17) is 18.9 Å². The van der Waals surface area contributed by atoms with E-state index in [1.54, 1.807) is 6.07 Å². The summed E-state index contributed by atoms with van der Waals surface area (Å²) in [5, 5.41) is 12.9. The van der Waals surface area contributed by atoms with Crippen LogP contribution < -0.4 is 5.46 Å². The normalized spacial score (nSPS) is 19.6. The molecule has 1 aliphatic rings. The Balaban J connectivity index is 1.81. The van der Waals surface area contributed by atoms with E-state index < -0.39 is 0 Å². The molecule has 5 nitrogen and oxygen atoms in total. The summed E-state index contributed by atoms with van der Waals surface area (Å²) in [6.07, 6.45) is 0. The summed E-state index contributed by atoms with van der Waals surface area (Å²) in [7, 11) is -0.371. The fraction of sp³-hybridized carbons (Fsp3) is 0.438. The van der Waals surface area contributed by atoms with Crippen LogP contribution in [0.25, 0.3) is 11.3 Å². The molecule has 3 rings (SSSR count). The summed E-state index contributed by atoms with van der Waals surface area (Å²) in [5.74, 6) is 0.449. The summed E-state index contributed by atoms with van der Waals surface area (Å²) in [6.45, 7) is 7.99. The Kier molecular flexibility index (Phi) is 3.63. The molecular weight excluding hydrogens is 281 g/mol. The van der Waals surface area contributed by atoms with Crippen LogP contribution in [0.15, 0.2) is 34.9 Å². The van der Waals surface area contributed by atoms with Crippen molar-refractivity contribution in [3.8, 4) is 11.3 Å². The maximum Gasteiger partial charge on any atom is 0.494 e. The molecule has 116 valence electrons. The average Bonchev–Trinajstić information content (AvgIpc) is 3.02. The van der Waals surface area contributed by atoms with E-state index >= 15 is 0 Å². The first kappa shape index (κ1) is 15.3. The van der Waals surface area contributed by atoms with Gasteiger partial charge in [0.1, 0.15) is 12.3 Å². The Bertz CT molecular complexity index is 647. The Hall–Kier alpha value is -1.63. The molecule has 1 N–H and O–H groups in total. The minimum Gasteiger partial charge on any atom is -0.399 e. The van der Waals surface area contributed by atoms with E-state index in [9.17, 15) is 0 Å². The summed E-state index contributed by atoms with van der Waals surface area (Å²) in [6, 6.07) is 9.54. The van der Waals surface area contributed by atoms with Gasteiger partial charge in [0.05, 0.1) is 11.2 Å². The van der Waals surface area contributed by atoms with Crippen LogP contribution in [0.4, 0.5) is 0 Å². The van der Waals surface area contributed by atoms with Crippen molar-refractivity contribution in [3.63, 3.8) is 0 Å². The molecule has 1 aromatic heterocycles. The van der Waals surface area contributed by atoms with Gasteiger partial charge in [-0.3, -0.25) is 0 Å². The second-order valence-electron chi connectivity index (χ2n) is 6.55. The molecule has 1 saturated heterocycles. The Labute approximate surface area is 130 Å². The van der Waals surface area contributed by atoms with Crippen LogP contribution in [0.5, 0.6) is 0 Å². The first-order valence-corrected chi connectivity index (χ1v) is 7.35. The molecule has 0 saturated carbocycles. The largest absolute Gasteiger partial charge is 0.494 e. The first-order valence-electron chi connectivity index (χ1n) is 7.35. The standard InChI is InChI=1S/C16H20BNO4/c1-15(2)16(3,4)22-17(21-15)12-7-5-11(6-8-12)14-9-13(10-19)20-18-14/h5-9,19H,10H2,1-4H3. The Morgan fingerprint density at radius 3 is 2.14 bits per heavy atom. The van der Waals surface area contributed by atoms with Gasteiger partial charge in [0, 0.05) is 11.6 Å². The minimum atomic E-state index is -0.371. The summed E-state index contributed by atoms with van der Waals surface area (Å²) < 4.78 is 17.1. The quantitative estimate of drug-likeness (QED) is 0.880. The zero-order valence-electron chi connectivity index (χ0n) is 13.3. The summed E-state index contributed by atoms with van der Waals surface area (Å²) >= 11 is 0. The second kappa shape index (κ2) is 5.23. The zero-order valence-corrected chi connectivity index (χ0v) is 13.3. The third-order valence-electron chi connectivity index (χ3n) is 4.45. The molecule has 1 fully saturated rings. The third-order valence-corrected chi connectivity index (χ3v) is 4.45. The highest BCUT2D eigenvalue weighted by atomic mass is 16.7. The summed E-state index contributed by atoms with van der Waals surface area (Å²) in [4.78, 5) is 0. The predicted molar refractivity (Wildman–Crippen MR) is 83.6 cm³/mol. The van der Waals surface area contributed by atoms with Gasteiger partial charge in [0.15, 0.2) is 5.76 Å². The number of rotatable bonds is 3. The molecule has 0 spiro atoms. The fourth-order valence-electron chi connectivity index (χ4n) is 2.31. The second-order valence-corrected chi connectivity index (χ2v) is 6.55. The van der Waals surface area contributed by atoms with Crippen LogP contribution in [-0.4, -0.2) is 28.6 Å². The van der Waals surface area contributed by atoms with Crippen molar-refractivity contribution in [2.75, 3.05) is 0 Å². The smallest absolute Gasteiger partial charge is 0.399 e. The van der Waals surface area contributed by atoms with Crippen molar-refractivity contribution in [1.82, 2.24) is 5.16 Å². The Morgan fingerprint density at radius 2 is 1.64 bits per heavy atom. The molecule has 0 radical (unpaired) electrons. The highest BCUT2D eigenvalue weighted by molar-refractivity contribution is 6.62. The third kappa shape index (κ3) is 2.58. The molecule has 2 heterocycles. The highest BCUT2D eigenvalue weighted by Crippen LogP contribution is 2.36. The van der Waals surface area contributed by atoms with E-state index in [1.165, 1.54) is 0 Å². The van der Waals surface area contributed by atoms with Gasteiger partial charge < -0.3 is 18.9 Å². The molecule has 22 heavy (non-hydrogen) atoms. The monoisotopic (exact) mass is 301 g/mol. The van der Waals surface area contributed by atoms with E-state index in [0.29, 0.717) is 11.5 Å². The van der Waals surface area contributed by atoms with Crippen molar-refractivity contribution in [1.29, 1.82) is 0 Å². The van der Waals surface area contributed by atoms with Crippen LogP contribution >= 0.6 is 0 Å². The van der Waals surface area contributed by atoms with Crippen LogP contribution in [0.2, 0.25) is 0 Å². The lowest BCUT2D eigenvalue weighted by molar-refractivity contribution is 0.00578. The van der Waals surface area contributed by atoms with E-state index in [-0.39, 0.29) is 24.9 Å². The number of benzene rings is 1. The first-order chi connectivity index (χ1) is 10.3. The van der Waals surface area contributed by atoms with Gasteiger partial charge in [0.2, 0.25) is 0 Å². The van der Waals surface area contributed by atoms with Gasteiger partial charge in [-0.2, -0.15) is 0 Å². The van der Waals surface area contributed by atoms with E-state index in [0.717, 1.165) is 11.0 Å². The van der Waals surface area contributed by atoms with Gasteiger partial charge in [-0.05, 0) is 33.2 Å². The molecule has 2 aromatic rings. The lowest BCUT2D eigenvalue weighted by atomic mass is 9.79. The van der Waals surface area contributed by atoms with Crippen LogP contribution in [0.1, 0.15) is 33.5 Å². The number of aliphatic hydroxyl groups is 1. The molecular formula is C16H20BNO4. The number of nitrogens with zero attached hydrogens (tertiary/aromatic N) is 1. The van der Waals surface area contributed by atoms with Crippen molar-refractivity contribution in [3.05, 3.63) is 36.1 Å². The van der Waals surface area contributed by atoms with Crippen molar-refractivity contribution >= 4 is 12.6 Å². The Morgan fingerprint density at radius 1 is 1.05 bits per heavy atom. The van der Waals surface area contributed by atoms with Gasteiger partial charge in [-0.15, -0.1) is 0 Å². The van der Waals surface area contributed by atoms with Gasteiger partial charge in [0.25, 0.3) is 0 Å². The zero-order chi connectivity index (χ0) is 16.0. The predicted octanol–water partition coefficient (Wildman–Crippen LogP) is 2.13. The molecule has 0 aliphatic carbocycles. The topological polar surface area (TPSA) is 64.7 Å². The van der Waals surface area contributed by atoms with E-state index in [1.807, 2.05) is 52.0 Å². The maximum absolute atomic E-state index is 9.02. The van der Waals surface area contributed by atoms with Crippen LogP contribution in [0, 0.1) is 0 Å². The van der Waals surface area contributed by atoms with E-state index in [2.05, 4.69) is 5.16 Å². The number of aliphatic hydroxyl groups excluding tert-OH is 1. The lowest BCUT2D eigenvalue weighted by Crippen LogP contribution is -2.41. The maximum atomic E-state index is 9.02. The molecule has 0 amide bonds. The van der Waals surface area contributed by atoms with Crippen molar-refractivity contribution < 1.29 is 18.9 Å². The number of aromatic nitrogens is 1. The SMILES string of the molecule is CC1(C)OB(c2ccc(-c3cc(CO)on3)cc2)OC1(C)C. The molecule has 6 heteroatoms. The number of hydrogen-bond acceptors (Lipinski definition) is 5.